The van der Waals surface area contributed by atoms with Crippen molar-refractivity contribution in [2.45, 2.75) is 213 Å². The van der Waals surface area contributed by atoms with Crippen LogP contribution in [0.2, 0.25) is 0 Å². The maximum absolute atomic E-state index is 12.7. The van der Waals surface area contributed by atoms with E-state index in [9.17, 15) is 14.4 Å². The van der Waals surface area contributed by atoms with E-state index >= 15 is 0 Å². The van der Waals surface area contributed by atoms with E-state index in [0.717, 1.165) is 70.6 Å². The lowest BCUT2D eigenvalue weighted by Gasteiger charge is -2.18. The minimum Gasteiger partial charge on any atom is -0.462 e. The quantitative estimate of drug-likeness (QED) is 0.0265. The first kappa shape index (κ1) is 54.6. The van der Waals surface area contributed by atoms with E-state index in [0.29, 0.717) is 25.7 Å². The normalized spacial score (nSPS) is 12.8. The summed E-state index contributed by atoms with van der Waals surface area (Å²) in [4.78, 5) is 37.7. The molecule has 0 N–H and O–H groups in total. The number of ether oxygens (including phenoxy) is 3. The van der Waals surface area contributed by atoms with Crippen molar-refractivity contribution in [2.75, 3.05) is 13.2 Å². The Hall–Kier alpha value is -3.41. The zero-order chi connectivity index (χ0) is 42.3. The third-order valence-electron chi connectivity index (χ3n) is 9.65. The van der Waals surface area contributed by atoms with Crippen molar-refractivity contribution in [3.05, 3.63) is 85.1 Å². The van der Waals surface area contributed by atoms with Crippen LogP contribution in [0.3, 0.4) is 0 Å². The first-order valence-corrected chi connectivity index (χ1v) is 23.6. The van der Waals surface area contributed by atoms with Gasteiger partial charge in [-0.2, -0.15) is 0 Å². The molecule has 0 amide bonds. The maximum atomic E-state index is 12.7. The molecule has 58 heavy (non-hydrogen) atoms. The van der Waals surface area contributed by atoms with E-state index in [-0.39, 0.29) is 37.5 Å². The van der Waals surface area contributed by atoms with Gasteiger partial charge in [0, 0.05) is 19.3 Å². The van der Waals surface area contributed by atoms with E-state index in [2.05, 4.69) is 93.7 Å². The first-order valence-electron chi connectivity index (χ1n) is 23.6. The van der Waals surface area contributed by atoms with Gasteiger partial charge in [-0.1, -0.05) is 196 Å². The third-order valence-corrected chi connectivity index (χ3v) is 9.65. The van der Waals surface area contributed by atoms with Crippen LogP contribution in [0.25, 0.3) is 0 Å². The summed E-state index contributed by atoms with van der Waals surface area (Å²) in [6.45, 7) is 6.37. The van der Waals surface area contributed by atoms with Gasteiger partial charge in [-0.3, -0.25) is 14.4 Å². The number of hydrogen-bond donors (Lipinski definition) is 0. The molecule has 0 rings (SSSR count). The topological polar surface area (TPSA) is 78.9 Å². The number of rotatable bonds is 41. The standard InChI is InChI=1S/C52H86O6/c1-4-7-10-13-16-19-21-23-24-25-26-27-28-29-31-33-36-39-42-45-51(54)57-48-49(47-56-50(53)44-41-38-35-32-18-15-12-9-6-3)58-52(55)46-43-40-37-34-30-22-20-17-14-11-8-5-2/h7,10,16,19,23-24,26-27,29,31-32,35-36,39,49H,4-6,8-9,11-15,17-18,20-22,25,28,30,33-34,37-38,40-48H2,1-3H3/b10-7-,19-16-,24-23-,27-26-,31-29-,35-32-,39-36-. The van der Waals surface area contributed by atoms with Gasteiger partial charge < -0.3 is 14.2 Å². The Morgan fingerprint density at radius 2 is 0.724 bits per heavy atom. The molecule has 0 aromatic heterocycles. The Kier molecular flexibility index (Phi) is 43.6. The van der Waals surface area contributed by atoms with Crippen LogP contribution in [0, 0.1) is 0 Å². The van der Waals surface area contributed by atoms with Crippen LogP contribution in [0.1, 0.15) is 207 Å². The number of carbonyl (C=O) groups is 3. The minimum absolute atomic E-state index is 0.114. The molecule has 330 valence electrons. The molecule has 0 aliphatic carbocycles. The second-order valence-corrected chi connectivity index (χ2v) is 15.3. The molecule has 1 atom stereocenters. The second-order valence-electron chi connectivity index (χ2n) is 15.3. The molecular weight excluding hydrogens is 721 g/mol. The highest BCUT2D eigenvalue weighted by molar-refractivity contribution is 5.71. The number of esters is 3. The van der Waals surface area contributed by atoms with E-state index in [1.54, 1.807) is 0 Å². The summed E-state index contributed by atoms with van der Waals surface area (Å²) in [7, 11) is 0. The SMILES string of the molecule is CC/C=C\C/C=C\C/C=C\C/C=C\C/C=C\C/C=C\CCC(=O)OCC(COC(=O)CCC/C=C\CCCCCC)OC(=O)CCCCCCCCCCCCCC. The Bertz CT molecular complexity index is 1160. The highest BCUT2D eigenvalue weighted by atomic mass is 16.6. The van der Waals surface area contributed by atoms with Crippen LogP contribution in [0.5, 0.6) is 0 Å². The number of hydrogen-bond acceptors (Lipinski definition) is 6. The van der Waals surface area contributed by atoms with Gasteiger partial charge >= 0.3 is 17.9 Å². The lowest BCUT2D eigenvalue weighted by molar-refractivity contribution is -0.166. The fraction of sp³-hybridized carbons (Fsp3) is 0.673. The zero-order valence-corrected chi connectivity index (χ0v) is 37.5. The molecule has 0 aliphatic heterocycles. The van der Waals surface area contributed by atoms with E-state index in [4.69, 9.17) is 14.2 Å². The highest BCUT2D eigenvalue weighted by Gasteiger charge is 2.19. The highest BCUT2D eigenvalue weighted by Crippen LogP contribution is 2.14. The van der Waals surface area contributed by atoms with Gasteiger partial charge in [-0.05, 0) is 77.0 Å². The minimum atomic E-state index is -0.813. The van der Waals surface area contributed by atoms with Crippen LogP contribution in [0.15, 0.2) is 85.1 Å². The molecule has 0 aromatic carbocycles. The lowest BCUT2D eigenvalue weighted by Crippen LogP contribution is -2.30. The van der Waals surface area contributed by atoms with E-state index in [1.807, 2.05) is 12.2 Å². The Morgan fingerprint density at radius 1 is 0.362 bits per heavy atom. The Balaban J connectivity index is 4.48. The molecule has 0 saturated heterocycles. The largest absolute Gasteiger partial charge is 0.462 e. The second kappa shape index (κ2) is 46.3. The van der Waals surface area contributed by atoms with Crippen LogP contribution in [-0.2, 0) is 28.6 Å². The molecule has 0 radical (unpaired) electrons. The van der Waals surface area contributed by atoms with Crippen molar-refractivity contribution in [1.29, 1.82) is 0 Å². The predicted molar refractivity (Wildman–Crippen MR) is 247 cm³/mol. The fourth-order valence-corrected chi connectivity index (χ4v) is 6.12. The van der Waals surface area contributed by atoms with Crippen molar-refractivity contribution in [3.63, 3.8) is 0 Å². The fourth-order valence-electron chi connectivity index (χ4n) is 6.12. The summed E-state index contributed by atoms with van der Waals surface area (Å²) in [5.41, 5.74) is 0. The van der Waals surface area contributed by atoms with Crippen LogP contribution in [0.4, 0.5) is 0 Å². The summed E-state index contributed by atoms with van der Waals surface area (Å²) in [5, 5.41) is 0. The Morgan fingerprint density at radius 3 is 1.21 bits per heavy atom. The summed E-state index contributed by atoms with van der Waals surface area (Å²) >= 11 is 0. The van der Waals surface area contributed by atoms with Crippen molar-refractivity contribution in [2.24, 2.45) is 0 Å². The number of carbonyl (C=O) groups excluding carboxylic acids is 3. The van der Waals surface area contributed by atoms with Gasteiger partial charge in [0.15, 0.2) is 6.10 Å². The smallest absolute Gasteiger partial charge is 0.306 e. The van der Waals surface area contributed by atoms with Gasteiger partial charge in [-0.15, -0.1) is 0 Å². The van der Waals surface area contributed by atoms with Crippen molar-refractivity contribution in [3.8, 4) is 0 Å². The average Bonchev–Trinajstić information content (AvgIpc) is 3.22. The van der Waals surface area contributed by atoms with E-state index < -0.39 is 6.10 Å². The number of unbranched alkanes of at least 4 members (excludes halogenated alkanes) is 16. The molecule has 0 spiro atoms. The van der Waals surface area contributed by atoms with Gasteiger partial charge in [0.25, 0.3) is 0 Å². The molecule has 0 fully saturated rings. The maximum Gasteiger partial charge on any atom is 0.306 e. The molecule has 0 saturated carbocycles. The number of allylic oxidation sites excluding steroid dienone is 14. The van der Waals surface area contributed by atoms with Crippen LogP contribution >= 0.6 is 0 Å². The monoisotopic (exact) mass is 807 g/mol. The van der Waals surface area contributed by atoms with Crippen molar-refractivity contribution in [1.82, 2.24) is 0 Å². The van der Waals surface area contributed by atoms with Gasteiger partial charge in [0.1, 0.15) is 13.2 Å². The summed E-state index contributed by atoms with van der Waals surface area (Å²) in [6, 6.07) is 0. The van der Waals surface area contributed by atoms with Gasteiger partial charge in [0.05, 0.1) is 0 Å². The summed E-state index contributed by atoms with van der Waals surface area (Å²) < 4.78 is 16.6. The molecular formula is C52H86O6. The zero-order valence-electron chi connectivity index (χ0n) is 37.5. The average molecular weight is 807 g/mol. The lowest BCUT2D eigenvalue weighted by atomic mass is 10.0. The Labute approximate surface area is 356 Å². The van der Waals surface area contributed by atoms with Crippen LogP contribution in [-0.4, -0.2) is 37.2 Å². The molecule has 0 bridgehead atoms. The molecule has 6 heteroatoms. The van der Waals surface area contributed by atoms with E-state index in [1.165, 1.54) is 83.5 Å². The molecule has 0 aliphatic rings. The first-order chi connectivity index (χ1) is 28.5. The predicted octanol–water partition coefficient (Wildman–Crippen LogP) is 15.3. The summed E-state index contributed by atoms with van der Waals surface area (Å²) in [6.07, 6.45) is 58.7. The molecule has 1 unspecified atom stereocenters. The molecule has 0 heterocycles. The third kappa shape index (κ3) is 43.7. The van der Waals surface area contributed by atoms with Crippen molar-refractivity contribution >= 4 is 17.9 Å². The summed E-state index contributed by atoms with van der Waals surface area (Å²) in [5.74, 6) is -1.04. The van der Waals surface area contributed by atoms with Gasteiger partial charge in [0.2, 0.25) is 0 Å². The molecule has 0 aromatic rings. The van der Waals surface area contributed by atoms with Gasteiger partial charge in [-0.25, -0.2) is 0 Å². The molecule has 6 nitrogen and oxygen atoms in total. The van der Waals surface area contributed by atoms with Crippen LogP contribution < -0.4 is 0 Å². The van der Waals surface area contributed by atoms with Crippen molar-refractivity contribution < 1.29 is 28.6 Å².